The molecule has 1 fully saturated rings. The van der Waals surface area contributed by atoms with Gasteiger partial charge >= 0.3 is 5.69 Å². The molecule has 0 saturated heterocycles. The van der Waals surface area contributed by atoms with Crippen LogP contribution in [0.15, 0.2) is 43.1 Å². The van der Waals surface area contributed by atoms with Gasteiger partial charge in [0, 0.05) is 13.1 Å². The lowest BCUT2D eigenvalue weighted by molar-refractivity contribution is -0.384. The van der Waals surface area contributed by atoms with Crippen molar-refractivity contribution in [1.82, 2.24) is 24.7 Å². The smallest absolute Gasteiger partial charge is 0.329 e. The molecule has 10 nitrogen and oxygen atoms in total. The molecule has 28 heavy (non-hydrogen) atoms. The summed E-state index contributed by atoms with van der Waals surface area (Å²) in [4.78, 5) is 25.3. The number of nitrogens with one attached hydrogen (secondary N) is 1. The normalized spacial score (nSPS) is 14.5. The molecule has 1 atom stereocenters. The third-order valence-electron chi connectivity index (χ3n) is 4.83. The second kappa shape index (κ2) is 7.22. The third kappa shape index (κ3) is 3.61. The molecule has 1 N–H and O–H groups in total. The minimum absolute atomic E-state index is 0.0278. The predicted octanol–water partition coefficient (Wildman–Crippen LogP) is 2.74. The fourth-order valence-corrected chi connectivity index (χ4v) is 2.84. The SMILES string of the molecule is CC(c1ccc(-n2cncn2)cc1)N(C)c1ncc([N+](=O)[O-])c(NC2CC2)n1. The molecule has 2 heterocycles. The average molecular weight is 380 g/mol. The number of hydrogen-bond donors (Lipinski definition) is 1. The number of nitro groups is 1. The van der Waals surface area contributed by atoms with Gasteiger partial charge in [-0.1, -0.05) is 12.1 Å². The fraction of sp³-hybridized carbons (Fsp3) is 0.333. The van der Waals surface area contributed by atoms with Crippen LogP contribution < -0.4 is 10.2 Å². The van der Waals surface area contributed by atoms with Crippen molar-refractivity contribution in [1.29, 1.82) is 0 Å². The molecule has 1 aliphatic carbocycles. The average Bonchev–Trinajstić information content (AvgIpc) is 3.35. The van der Waals surface area contributed by atoms with Gasteiger partial charge in [-0.2, -0.15) is 10.1 Å². The number of nitrogens with zero attached hydrogens (tertiary/aromatic N) is 7. The van der Waals surface area contributed by atoms with E-state index in [1.54, 1.807) is 11.0 Å². The molecule has 0 bridgehead atoms. The first kappa shape index (κ1) is 17.8. The Kier molecular flexibility index (Phi) is 4.60. The summed E-state index contributed by atoms with van der Waals surface area (Å²) in [6, 6.07) is 8.17. The number of benzene rings is 1. The van der Waals surface area contributed by atoms with Crippen molar-refractivity contribution < 1.29 is 4.92 Å². The maximum atomic E-state index is 11.2. The Balaban J connectivity index is 1.56. The lowest BCUT2D eigenvalue weighted by Crippen LogP contribution is -2.24. The van der Waals surface area contributed by atoms with E-state index in [2.05, 4.69) is 25.4 Å². The van der Waals surface area contributed by atoms with E-state index in [9.17, 15) is 10.1 Å². The van der Waals surface area contributed by atoms with Crippen molar-refractivity contribution >= 4 is 17.5 Å². The van der Waals surface area contributed by atoms with E-state index >= 15 is 0 Å². The fourth-order valence-electron chi connectivity index (χ4n) is 2.84. The van der Waals surface area contributed by atoms with E-state index in [1.807, 2.05) is 43.1 Å². The molecule has 144 valence electrons. The van der Waals surface area contributed by atoms with Gasteiger partial charge in [-0.25, -0.2) is 14.6 Å². The van der Waals surface area contributed by atoms with Crippen LogP contribution in [-0.2, 0) is 0 Å². The zero-order chi connectivity index (χ0) is 19.7. The highest BCUT2D eigenvalue weighted by Gasteiger charge is 2.27. The molecule has 10 heteroatoms. The van der Waals surface area contributed by atoms with Crippen molar-refractivity contribution in [3.8, 4) is 5.69 Å². The second-order valence-electron chi connectivity index (χ2n) is 6.80. The van der Waals surface area contributed by atoms with Gasteiger partial charge in [0.25, 0.3) is 0 Å². The predicted molar refractivity (Wildman–Crippen MR) is 104 cm³/mol. The molecular weight excluding hydrogens is 360 g/mol. The summed E-state index contributed by atoms with van der Waals surface area (Å²) in [7, 11) is 1.87. The van der Waals surface area contributed by atoms with Crippen LogP contribution in [-0.4, -0.2) is 42.7 Å². The molecule has 2 aromatic heterocycles. The molecule has 0 radical (unpaired) electrons. The molecule has 4 rings (SSSR count). The molecular formula is C18H20N8O2. The van der Waals surface area contributed by atoms with Crippen molar-refractivity contribution in [3.63, 3.8) is 0 Å². The summed E-state index contributed by atoms with van der Waals surface area (Å²) >= 11 is 0. The highest BCUT2D eigenvalue weighted by molar-refractivity contribution is 5.58. The summed E-state index contributed by atoms with van der Waals surface area (Å²) < 4.78 is 1.69. The molecule has 1 aliphatic rings. The summed E-state index contributed by atoms with van der Waals surface area (Å²) in [5.74, 6) is 0.708. The first-order chi connectivity index (χ1) is 13.5. The molecule has 0 spiro atoms. The minimum atomic E-state index is -0.458. The van der Waals surface area contributed by atoms with Crippen LogP contribution in [0.4, 0.5) is 17.5 Å². The molecule has 3 aromatic rings. The van der Waals surface area contributed by atoms with Gasteiger partial charge in [0.2, 0.25) is 11.8 Å². The van der Waals surface area contributed by atoms with Crippen LogP contribution >= 0.6 is 0 Å². The Labute approximate surface area is 161 Å². The molecule has 1 unspecified atom stereocenters. The van der Waals surface area contributed by atoms with Crippen LogP contribution in [0.1, 0.15) is 31.4 Å². The Morgan fingerprint density at radius 2 is 2.07 bits per heavy atom. The molecule has 0 amide bonds. The topological polar surface area (TPSA) is 115 Å². The van der Waals surface area contributed by atoms with E-state index in [0.29, 0.717) is 5.95 Å². The van der Waals surface area contributed by atoms with Gasteiger partial charge in [0.15, 0.2) is 0 Å². The van der Waals surface area contributed by atoms with E-state index in [0.717, 1.165) is 24.1 Å². The highest BCUT2D eigenvalue weighted by Crippen LogP contribution is 2.31. The maximum Gasteiger partial charge on any atom is 0.329 e. The monoisotopic (exact) mass is 380 g/mol. The Morgan fingerprint density at radius 1 is 1.32 bits per heavy atom. The van der Waals surface area contributed by atoms with Crippen LogP contribution in [0.5, 0.6) is 0 Å². The van der Waals surface area contributed by atoms with Gasteiger partial charge < -0.3 is 10.2 Å². The molecule has 0 aliphatic heterocycles. The minimum Gasteiger partial charge on any atom is -0.361 e. The zero-order valence-corrected chi connectivity index (χ0v) is 15.6. The summed E-state index contributed by atoms with van der Waals surface area (Å²) in [5.41, 5.74) is 1.87. The van der Waals surface area contributed by atoms with Crippen LogP contribution in [0.3, 0.4) is 0 Å². The number of rotatable bonds is 7. The maximum absolute atomic E-state index is 11.2. The van der Waals surface area contributed by atoms with Gasteiger partial charge in [0.05, 0.1) is 16.7 Å². The van der Waals surface area contributed by atoms with Gasteiger partial charge in [0.1, 0.15) is 18.9 Å². The van der Waals surface area contributed by atoms with Gasteiger partial charge in [-0.05, 0) is 37.5 Å². The first-order valence-electron chi connectivity index (χ1n) is 8.98. The van der Waals surface area contributed by atoms with E-state index in [1.165, 1.54) is 12.5 Å². The second-order valence-corrected chi connectivity index (χ2v) is 6.80. The number of anilines is 2. The molecule has 1 aromatic carbocycles. The van der Waals surface area contributed by atoms with E-state index in [4.69, 9.17) is 0 Å². The third-order valence-corrected chi connectivity index (χ3v) is 4.83. The Bertz CT molecular complexity index is 970. The standard InChI is InChI=1S/C18H20N8O2/c1-12(13-3-7-15(8-4-13)25-11-19-10-21-25)24(2)18-20-9-16(26(27)28)17(23-18)22-14-5-6-14/h3-4,7-12,14H,5-6H2,1-2H3,(H,20,22,23). The van der Waals surface area contributed by atoms with Crippen molar-refractivity contribution in [2.45, 2.75) is 31.8 Å². The quantitative estimate of drug-likeness (QED) is 0.491. The first-order valence-corrected chi connectivity index (χ1v) is 8.98. The Hall–Kier alpha value is -3.56. The van der Waals surface area contributed by atoms with E-state index < -0.39 is 4.92 Å². The lowest BCUT2D eigenvalue weighted by Gasteiger charge is -2.25. The molecule has 1 saturated carbocycles. The van der Waals surface area contributed by atoms with Crippen molar-refractivity contribution in [3.05, 3.63) is 58.8 Å². The van der Waals surface area contributed by atoms with Gasteiger partial charge in [-0.3, -0.25) is 10.1 Å². The summed E-state index contributed by atoms with van der Waals surface area (Å²) in [6.45, 7) is 2.03. The van der Waals surface area contributed by atoms with Crippen LogP contribution in [0.2, 0.25) is 0 Å². The largest absolute Gasteiger partial charge is 0.361 e. The van der Waals surface area contributed by atoms with Crippen LogP contribution in [0, 0.1) is 10.1 Å². The van der Waals surface area contributed by atoms with Crippen LogP contribution in [0.25, 0.3) is 5.69 Å². The van der Waals surface area contributed by atoms with Crippen molar-refractivity contribution in [2.75, 3.05) is 17.3 Å². The zero-order valence-electron chi connectivity index (χ0n) is 15.6. The number of aromatic nitrogens is 5. The van der Waals surface area contributed by atoms with E-state index in [-0.39, 0.29) is 23.6 Å². The summed E-state index contributed by atoms with van der Waals surface area (Å²) in [5, 5.41) is 18.5. The van der Waals surface area contributed by atoms with Crippen molar-refractivity contribution in [2.24, 2.45) is 0 Å². The Morgan fingerprint density at radius 3 is 2.68 bits per heavy atom. The lowest BCUT2D eigenvalue weighted by atomic mass is 10.1. The van der Waals surface area contributed by atoms with Gasteiger partial charge in [-0.15, -0.1) is 0 Å². The highest BCUT2D eigenvalue weighted by atomic mass is 16.6. The summed E-state index contributed by atoms with van der Waals surface area (Å²) in [6.07, 6.45) is 6.40. The number of hydrogen-bond acceptors (Lipinski definition) is 8.